The lowest BCUT2D eigenvalue weighted by Gasteiger charge is -2.27. The maximum atomic E-state index is 12.7. The minimum absolute atomic E-state index is 0.368. The van der Waals surface area contributed by atoms with E-state index in [0.717, 1.165) is 5.56 Å². The number of hydrogen-bond donors (Lipinski definition) is 2. The summed E-state index contributed by atoms with van der Waals surface area (Å²) >= 11 is 0. The maximum absolute atomic E-state index is 12.7. The third kappa shape index (κ3) is 7.60. The standard InChI is InChI=1S/C23H29N7O3/c1-23(2,3)33-22(32)29(17-18-8-4-10-24-16-18)14-6-12-26-21(31)28-19-9-5-11-25-20(19)30-15-7-13-27-30/h4-5,7-11,13,15-16H,6,12,14,17H2,1-3H3,(H2,26,28,31). The van der Waals surface area contributed by atoms with Gasteiger partial charge in [-0.3, -0.25) is 4.98 Å². The SMILES string of the molecule is CC(C)(C)OC(=O)N(CCCNC(=O)Nc1cccnc1-n1cccn1)Cc1cccnc1. The van der Waals surface area contributed by atoms with E-state index in [9.17, 15) is 9.59 Å². The lowest BCUT2D eigenvalue weighted by molar-refractivity contribution is 0.0232. The topological polar surface area (TPSA) is 114 Å². The van der Waals surface area contributed by atoms with Gasteiger partial charge in [-0.1, -0.05) is 6.07 Å². The molecule has 0 fully saturated rings. The predicted molar refractivity (Wildman–Crippen MR) is 124 cm³/mol. The highest BCUT2D eigenvalue weighted by Gasteiger charge is 2.22. The van der Waals surface area contributed by atoms with Gasteiger partial charge in [-0.2, -0.15) is 5.10 Å². The van der Waals surface area contributed by atoms with Crippen LogP contribution in [0.15, 0.2) is 61.3 Å². The quantitative estimate of drug-likeness (QED) is 0.506. The molecule has 0 saturated heterocycles. The fourth-order valence-corrected chi connectivity index (χ4v) is 2.98. The smallest absolute Gasteiger partial charge is 0.410 e. The molecule has 0 aliphatic carbocycles. The van der Waals surface area contributed by atoms with Crippen LogP contribution in [0.5, 0.6) is 0 Å². The predicted octanol–water partition coefficient (Wildman–Crippen LogP) is 3.61. The van der Waals surface area contributed by atoms with Gasteiger partial charge in [0.15, 0.2) is 5.82 Å². The van der Waals surface area contributed by atoms with Crippen LogP contribution in [0.3, 0.4) is 0 Å². The van der Waals surface area contributed by atoms with Crippen molar-refractivity contribution in [3.63, 3.8) is 0 Å². The summed E-state index contributed by atoms with van der Waals surface area (Å²) in [5.74, 6) is 0.519. The maximum Gasteiger partial charge on any atom is 0.410 e. The number of urea groups is 1. The van der Waals surface area contributed by atoms with Crippen molar-refractivity contribution < 1.29 is 14.3 Å². The van der Waals surface area contributed by atoms with Crippen molar-refractivity contribution in [1.82, 2.24) is 30.0 Å². The highest BCUT2D eigenvalue weighted by atomic mass is 16.6. The molecule has 10 nitrogen and oxygen atoms in total. The number of carbonyl (C=O) groups excluding carboxylic acids is 2. The van der Waals surface area contributed by atoms with Crippen molar-refractivity contribution in [1.29, 1.82) is 0 Å². The van der Waals surface area contributed by atoms with E-state index in [2.05, 4.69) is 25.7 Å². The number of nitrogens with one attached hydrogen (secondary N) is 2. The summed E-state index contributed by atoms with van der Waals surface area (Å²) in [5.41, 5.74) is 0.834. The van der Waals surface area contributed by atoms with E-state index in [1.54, 1.807) is 58.8 Å². The Morgan fingerprint density at radius 3 is 2.64 bits per heavy atom. The van der Waals surface area contributed by atoms with Crippen LogP contribution < -0.4 is 10.6 Å². The molecule has 10 heteroatoms. The molecule has 3 amide bonds. The molecule has 2 N–H and O–H groups in total. The lowest BCUT2D eigenvalue weighted by atomic mass is 10.2. The van der Waals surface area contributed by atoms with Crippen LogP contribution in [-0.2, 0) is 11.3 Å². The normalized spacial score (nSPS) is 11.0. The molecule has 0 aromatic carbocycles. The monoisotopic (exact) mass is 451 g/mol. The Morgan fingerprint density at radius 2 is 1.94 bits per heavy atom. The number of nitrogens with zero attached hydrogens (tertiary/aromatic N) is 5. The second-order valence-corrected chi connectivity index (χ2v) is 8.32. The van der Waals surface area contributed by atoms with E-state index < -0.39 is 11.7 Å². The first kappa shape index (κ1) is 23.7. The molecular formula is C23H29N7O3. The molecule has 3 aromatic heterocycles. The van der Waals surface area contributed by atoms with Crippen molar-refractivity contribution in [3.8, 4) is 5.82 Å². The van der Waals surface area contributed by atoms with E-state index in [-0.39, 0.29) is 6.03 Å². The van der Waals surface area contributed by atoms with E-state index in [1.165, 1.54) is 0 Å². The van der Waals surface area contributed by atoms with Crippen LogP contribution in [0.25, 0.3) is 5.82 Å². The van der Waals surface area contributed by atoms with Gasteiger partial charge < -0.3 is 20.3 Å². The van der Waals surface area contributed by atoms with Gasteiger partial charge >= 0.3 is 12.1 Å². The number of aromatic nitrogens is 4. The first-order valence-corrected chi connectivity index (χ1v) is 10.7. The van der Waals surface area contributed by atoms with Crippen LogP contribution in [-0.4, -0.2) is 55.5 Å². The molecule has 3 heterocycles. The number of hydrogen-bond acceptors (Lipinski definition) is 6. The van der Waals surface area contributed by atoms with Gasteiger partial charge in [-0.25, -0.2) is 19.3 Å². The molecule has 33 heavy (non-hydrogen) atoms. The largest absolute Gasteiger partial charge is 0.444 e. The molecule has 174 valence electrons. The third-order valence-electron chi connectivity index (χ3n) is 4.39. The summed E-state index contributed by atoms with van der Waals surface area (Å²) in [7, 11) is 0. The highest BCUT2D eigenvalue weighted by molar-refractivity contribution is 5.90. The molecule has 0 radical (unpaired) electrons. The van der Waals surface area contributed by atoms with Gasteiger partial charge in [0.1, 0.15) is 5.60 Å². The van der Waals surface area contributed by atoms with Crippen molar-refractivity contribution in [2.75, 3.05) is 18.4 Å². The van der Waals surface area contributed by atoms with Gasteiger partial charge in [-0.05, 0) is 57.0 Å². The Balaban J connectivity index is 1.53. The Hall–Kier alpha value is -3.95. The Kier molecular flexibility index (Phi) is 7.96. The Morgan fingerprint density at radius 1 is 1.12 bits per heavy atom. The van der Waals surface area contributed by atoms with Crippen LogP contribution in [0.4, 0.5) is 15.3 Å². The number of rotatable bonds is 8. The zero-order chi connectivity index (χ0) is 23.7. The minimum atomic E-state index is -0.599. The second-order valence-electron chi connectivity index (χ2n) is 8.32. The van der Waals surface area contributed by atoms with Crippen molar-refractivity contribution in [2.45, 2.75) is 39.3 Å². The molecule has 0 bridgehead atoms. The average molecular weight is 452 g/mol. The van der Waals surface area contributed by atoms with Crippen LogP contribution in [0, 0.1) is 0 Å². The molecule has 0 saturated carbocycles. The Labute approximate surface area is 193 Å². The zero-order valence-corrected chi connectivity index (χ0v) is 19.1. The van der Waals surface area contributed by atoms with Crippen molar-refractivity contribution in [2.24, 2.45) is 0 Å². The van der Waals surface area contributed by atoms with Crippen LogP contribution >= 0.6 is 0 Å². The summed E-state index contributed by atoms with van der Waals surface area (Å²) < 4.78 is 7.11. The Bertz CT molecular complexity index is 1030. The van der Waals surface area contributed by atoms with Crippen LogP contribution in [0.1, 0.15) is 32.8 Å². The summed E-state index contributed by atoms with van der Waals surface area (Å²) in [6.45, 7) is 6.64. The minimum Gasteiger partial charge on any atom is -0.444 e. The molecule has 0 spiro atoms. The summed E-state index contributed by atoms with van der Waals surface area (Å²) in [6.07, 6.45) is 8.56. The molecule has 0 aliphatic rings. The molecule has 0 unspecified atom stereocenters. The molecule has 3 rings (SSSR count). The summed E-state index contributed by atoms with van der Waals surface area (Å²) in [5, 5.41) is 9.76. The fraction of sp³-hybridized carbons (Fsp3) is 0.348. The number of ether oxygens (including phenoxy) is 1. The number of pyridine rings is 2. The zero-order valence-electron chi connectivity index (χ0n) is 19.1. The first-order chi connectivity index (χ1) is 15.8. The molecule has 3 aromatic rings. The molecular weight excluding hydrogens is 422 g/mol. The second kappa shape index (κ2) is 11.1. The van der Waals surface area contributed by atoms with E-state index >= 15 is 0 Å². The van der Waals surface area contributed by atoms with Gasteiger partial charge in [0.25, 0.3) is 0 Å². The summed E-state index contributed by atoms with van der Waals surface area (Å²) in [6, 6.07) is 8.63. The lowest BCUT2D eigenvalue weighted by Crippen LogP contribution is -2.38. The van der Waals surface area contributed by atoms with Crippen molar-refractivity contribution in [3.05, 3.63) is 66.9 Å². The van der Waals surface area contributed by atoms with E-state index in [4.69, 9.17) is 4.74 Å². The average Bonchev–Trinajstić information content (AvgIpc) is 3.30. The van der Waals surface area contributed by atoms with Gasteiger partial charge in [0.2, 0.25) is 0 Å². The van der Waals surface area contributed by atoms with Crippen molar-refractivity contribution >= 4 is 17.8 Å². The number of amides is 3. The van der Waals surface area contributed by atoms with Gasteiger partial charge in [-0.15, -0.1) is 0 Å². The van der Waals surface area contributed by atoms with E-state index in [1.807, 2.05) is 32.9 Å². The fourth-order valence-electron chi connectivity index (χ4n) is 2.98. The van der Waals surface area contributed by atoms with E-state index in [0.29, 0.717) is 37.6 Å². The third-order valence-corrected chi connectivity index (χ3v) is 4.39. The van der Waals surface area contributed by atoms with Gasteiger partial charge in [0.05, 0.1) is 12.2 Å². The summed E-state index contributed by atoms with van der Waals surface area (Å²) in [4.78, 5) is 35.0. The first-order valence-electron chi connectivity index (χ1n) is 10.7. The molecule has 0 atom stereocenters. The highest BCUT2D eigenvalue weighted by Crippen LogP contribution is 2.16. The van der Waals surface area contributed by atoms with Gasteiger partial charge in [0, 0.05) is 44.1 Å². The number of carbonyl (C=O) groups is 2. The molecule has 0 aliphatic heterocycles. The van der Waals surface area contributed by atoms with Crippen LogP contribution in [0.2, 0.25) is 0 Å². The number of anilines is 1.